The van der Waals surface area contributed by atoms with Gasteiger partial charge in [-0.2, -0.15) is 18.2 Å². The number of urea groups is 1. The van der Waals surface area contributed by atoms with Gasteiger partial charge in [-0.3, -0.25) is 15.2 Å². The van der Waals surface area contributed by atoms with E-state index in [1.54, 1.807) is 6.20 Å². The molecule has 2 atom stereocenters. The minimum absolute atomic E-state index is 0.0848. The second kappa shape index (κ2) is 9.86. The summed E-state index contributed by atoms with van der Waals surface area (Å²) in [6, 6.07) is 4.11. The number of alkyl halides is 3. The second-order valence-electron chi connectivity index (χ2n) is 10.2. The fraction of sp³-hybridized carbons (Fsp3) is 0.423. The van der Waals surface area contributed by atoms with E-state index in [-0.39, 0.29) is 41.8 Å². The number of hydrogen-bond acceptors (Lipinski definition) is 9. The Hall–Kier alpha value is -4.04. The normalized spacial score (nSPS) is 21.3. The number of benzene rings is 1. The number of fused-ring (bicyclic) bond motifs is 4. The average Bonchev–Trinajstić information content (AvgIpc) is 3.50. The molecular formula is C26H26F3N7O4. The number of amides is 2. The Labute approximate surface area is 227 Å². The van der Waals surface area contributed by atoms with Crippen LogP contribution in [0.4, 0.5) is 35.3 Å². The van der Waals surface area contributed by atoms with Gasteiger partial charge >= 0.3 is 12.2 Å². The molecule has 0 spiro atoms. The highest BCUT2D eigenvalue weighted by Gasteiger charge is 2.41. The standard InChI is InChI=1S/C26H26F3N7O4/c1-25(2)39-14-18(40-25)13-38-21-11-30-10-20(32-21)33-24(37)36-17-6-7-35(12-17)19-9-31-22(34-23(19)36)15-4-3-5-16(8-15)26(27,28)29/h3-5,8-11,17-18H,6-7,12-14H2,1-2H3,(H,32,33,37)/t17?,18-/m0/s1. The highest BCUT2D eigenvalue weighted by molar-refractivity contribution is 6.04. The Kier molecular flexibility index (Phi) is 6.45. The highest BCUT2D eigenvalue weighted by atomic mass is 19.4. The zero-order valence-electron chi connectivity index (χ0n) is 21.7. The van der Waals surface area contributed by atoms with E-state index in [2.05, 4.69) is 30.2 Å². The Morgan fingerprint density at radius 2 is 2.08 bits per heavy atom. The van der Waals surface area contributed by atoms with E-state index < -0.39 is 23.6 Å². The van der Waals surface area contributed by atoms with Gasteiger partial charge in [0.15, 0.2) is 23.2 Å². The highest BCUT2D eigenvalue weighted by Crippen LogP contribution is 2.40. The fourth-order valence-electron chi connectivity index (χ4n) is 5.02. The Balaban J connectivity index is 1.22. The van der Waals surface area contributed by atoms with Crippen LogP contribution in [0.1, 0.15) is 25.8 Å². The van der Waals surface area contributed by atoms with Crippen LogP contribution in [0.3, 0.4) is 0 Å². The number of aromatic nitrogens is 4. The molecule has 3 aromatic rings. The summed E-state index contributed by atoms with van der Waals surface area (Å²) in [6.45, 7) is 5.50. The minimum Gasteiger partial charge on any atom is -0.474 e. The maximum atomic E-state index is 13.5. The topological polar surface area (TPSA) is 115 Å². The van der Waals surface area contributed by atoms with Crippen molar-refractivity contribution in [3.05, 3.63) is 48.4 Å². The van der Waals surface area contributed by atoms with Gasteiger partial charge in [-0.1, -0.05) is 12.1 Å². The third kappa shape index (κ3) is 5.23. The summed E-state index contributed by atoms with van der Waals surface area (Å²) in [5.41, 5.74) is 0.0206. The van der Waals surface area contributed by atoms with Crippen LogP contribution in [0.15, 0.2) is 42.9 Å². The molecule has 14 heteroatoms. The van der Waals surface area contributed by atoms with Crippen molar-refractivity contribution in [1.82, 2.24) is 19.9 Å². The van der Waals surface area contributed by atoms with Crippen LogP contribution in [0.2, 0.25) is 0 Å². The summed E-state index contributed by atoms with van der Waals surface area (Å²) >= 11 is 0. The number of rotatable bonds is 5. The Morgan fingerprint density at radius 3 is 2.85 bits per heavy atom. The molecule has 1 aromatic carbocycles. The van der Waals surface area contributed by atoms with Crippen molar-refractivity contribution in [2.24, 2.45) is 0 Å². The molecular weight excluding hydrogens is 531 g/mol. The molecule has 40 heavy (non-hydrogen) atoms. The van der Waals surface area contributed by atoms with E-state index in [1.165, 1.54) is 29.4 Å². The molecule has 2 amide bonds. The lowest BCUT2D eigenvalue weighted by Crippen LogP contribution is -2.48. The average molecular weight is 558 g/mol. The zero-order chi connectivity index (χ0) is 28.1. The molecule has 2 fully saturated rings. The Bertz CT molecular complexity index is 1440. The summed E-state index contributed by atoms with van der Waals surface area (Å²) in [5.74, 6) is 0.0873. The molecule has 0 radical (unpaired) electrons. The van der Waals surface area contributed by atoms with Gasteiger partial charge in [-0.05, 0) is 32.4 Å². The van der Waals surface area contributed by atoms with Crippen LogP contribution in [0.25, 0.3) is 11.4 Å². The van der Waals surface area contributed by atoms with Crippen LogP contribution < -0.4 is 19.9 Å². The third-order valence-corrected chi connectivity index (χ3v) is 6.85. The van der Waals surface area contributed by atoms with Gasteiger partial charge in [0, 0.05) is 18.7 Å². The first kappa shape index (κ1) is 26.2. The lowest BCUT2D eigenvalue weighted by atomic mass is 10.1. The molecule has 6 rings (SSSR count). The van der Waals surface area contributed by atoms with Crippen LogP contribution >= 0.6 is 0 Å². The van der Waals surface area contributed by atoms with Gasteiger partial charge < -0.3 is 19.1 Å². The van der Waals surface area contributed by atoms with Gasteiger partial charge in [-0.15, -0.1) is 0 Å². The SMILES string of the molecule is CC1(C)OC[C@H](COc2cncc(NC(=O)N3c4nc(-c5cccc(C(F)(F)F)c5)ncc4N4CCC3C4)n2)O1. The number of halogens is 3. The second-order valence-corrected chi connectivity index (χ2v) is 10.2. The molecule has 0 saturated carbocycles. The van der Waals surface area contributed by atoms with E-state index in [1.807, 2.05) is 13.8 Å². The van der Waals surface area contributed by atoms with Crippen molar-refractivity contribution in [1.29, 1.82) is 0 Å². The minimum atomic E-state index is -4.51. The number of ether oxygens (including phenoxy) is 3. The van der Waals surface area contributed by atoms with Crippen molar-refractivity contribution >= 4 is 23.4 Å². The monoisotopic (exact) mass is 557 g/mol. The van der Waals surface area contributed by atoms with Crippen molar-refractivity contribution in [3.8, 4) is 17.3 Å². The molecule has 11 nitrogen and oxygen atoms in total. The molecule has 1 N–H and O–H groups in total. The lowest BCUT2D eigenvalue weighted by Gasteiger charge is -2.35. The Morgan fingerprint density at radius 1 is 1.23 bits per heavy atom. The van der Waals surface area contributed by atoms with Crippen LogP contribution in [-0.4, -0.2) is 70.2 Å². The fourth-order valence-corrected chi connectivity index (χ4v) is 5.02. The van der Waals surface area contributed by atoms with Crippen molar-refractivity contribution in [2.75, 3.05) is 41.4 Å². The first-order valence-electron chi connectivity index (χ1n) is 12.7. The molecule has 2 saturated heterocycles. The molecule has 2 bridgehead atoms. The number of carbonyl (C=O) groups is 1. The molecule has 3 aliphatic heterocycles. The predicted molar refractivity (Wildman–Crippen MR) is 137 cm³/mol. The largest absolute Gasteiger partial charge is 0.474 e. The summed E-state index contributed by atoms with van der Waals surface area (Å²) in [4.78, 5) is 34.4. The third-order valence-electron chi connectivity index (χ3n) is 6.85. The number of carbonyl (C=O) groups excluding carboxylic acids is 1. The summed E-state index contributed by atoms with van der Waals surface area (Å²) in [7, 11) is 0. The lowest BCUT2D eigenvalue weighted by molar-refractivity contribution is -0.141. The first-order valence-corrected chi connectivity index (χ1v) is 12.7. The smallest absolute Gasteiger partial charge is 0.416 e. The maximum absolute atomic E-state index is 13.5. The van der Waals surface area contributed by atoms with Gasteiger partial charge in [0.25, 0.3) is 0 Å². The summed E-state index contributed by atoms with van der Waals surface area (Å²) in [6.07, 6.45) is 0.283. The molecule has 210 valence electrons. The number of hydrogen-bond donors (Lipinski definition) is 1. The van der Waals surface area contributed by atoms with Gasteiger partial charge in [0.05, 0.1) is 42.5 Å². The van der Waals surface area contributed by atoms with Gasteiger partial charge in [0.1, 0.15) is 12.7 Å². The van der Waals surface area contributed by atoms with Gasteiger partial charge in [0.2, 0.25) is 5.88 Å². The van der Waals surface area contributed by atoms with E-state index >= 15 is 0 Å². The van der Waals surface area contributed by atoms with Crippen LogP contribution in [-0.2, 0) is 15.7 Å². The van der Waals surface area contributed by atoms with E-state index in [0.717, 1.165) is 12.1 Å². The van der Waals surface area contributed by atoms with E-state index in [0.29, 0.717) is 37.6 Å². The molecule has 2 aromatic heterocycles. The zero-order valence-corrected chi connectivity index (χ0v) is 21.7. The molecule has 1 unspecified atom stereocenters. The maximum Gasteiger partial charge on any atom is 0.416 e. The molecule has 3 aliphatic rings. The van der Waals surface area contributed by atoms with Crippen molar-refractivity contribution in [3.63, 3.8) is 0 Å². The molecule has 5 heterocycles. The number of nitrogens with zero attached hydrogens (tertiary/aromatic N) is 6. The summed E-state index contributed by atoms with van der Waals surface area (Å²) < 4.78 is 56.8. The summed E-state index contributed by atoms with van der Waals surface area (Å²) in [5, 5.41) is 2.75. The number of nitrogens with one attached hydrogen (secondary N) is 1. The van der Waals surface area contributed by atoms with Crippen LogP contribution in [0.5, 0.6) is 5.88 Å². The van der Waals surface area contributed by atoms with E-state index in [9.17, 15) is 18.0 Å². The van der Waals surface area contributed by atoms with Crippen molar-refractivity contribution < 1.29 is 32.2 Å². The van der Waals surface area contributed by atoms with Crippen LogP contribution in [0, 0.1) is 0 Å². The number of anilines is 3. The van der Waals surface area contributed by atoms with E-state index in [4.69, 9.17) is 14.2 Å². The van der Waals surface area contributed by atoms with Crippen molar-refractivity contribution in [2.45, 2.75) is 44.4 Å². The molecule has 0 aliphatic carbocycles. The van der Waals surface area contributed by atoms with Gasteiger partial charge in [-0.25, -0.2) is 14.8 Å². The first-order chi connectivity index (χ1) is 19.1. The predicted octanol–water partition coefficient (Wildman–Crippen LogP) is 4.11. The quantitative estimate of drug-likeness (QED) is 0.495.